The molecule has 1 N–H and O–H groups in total. The van der Waals surface area contributed by atoms with Gasteiger partial charge in [0.1, 0.15) is 5.60 Å². The second-order valence-corrected chi connectivity index (χ2v) is 9.08. The van der Waals surface area contributed by atoms with Crippen LogP contribution in [0, 0.1) is 5.92 Å². The molecule has 1 aliphatic rings. The van der Waals surface area contributed by atoms with Gasteiger partial charge in [0.2, 0.25) is 0 Å². The molecule has 0 aromatic heterocycles. The van der Waals surface area contributed by atoms with E-state index in [-0.39, 0.29) is 35.7 Å². The van der Waals surface area contributed by atoms with Gasteiger partial charge in [0, 0.05) is 39.8 Å². The molecule has 1 saturated heterocycles. The number of piperidine rings is 1. The zero-order valence-electron chi connectivity index (χ0n) is 19.7. The number of aliphatic imine (C=N–C) groups is 1. The summed E-state index contributed by atoms with van der Waals surface area (Å²) in [7, 11) is 1.72. The summed E-state index contributed by atoms with van der Waals surface area (Å²) in [6.07, 6.45) is 1.86. The molecule has 7 nitrogen and oxygen atoms in total. The van der Waals surface area contributed by atoms with Crippen molar-refractivity contribution in [1.82, 2.24) is 15.1 Å². The second kappa shape index (κ2) is 12.8. The summed E-state index contributed by atoms with van der Waals surface area (Å²) in [6.45, 7) is 18.7. The van der Waals surface area contributed by atoms with Crippen LogP contribution in [-0.2, 0) is 9.47 Å². The van der Waals surface area contributed by atoms with Gasteiger partial charge in [-0.2, -0.15) is 0 Å². The Morgan fingerprint density at radius 1 is 1.17 bits per heavy atom. The summed E-state index contributed by atoms with van der Waals surface area (Å²) in [5.74, 6) is 1.44. The lowest BCUT2D eigenvalue weighted by atomic mass is 9.96. The van der Waals surface area contributed by atoms with E-state index in [0.717, 1.165) is 45.0 Å². The zero-order valence-corrected chi connectivity index (χ0v) is 22.0. The van der Waals surface area contributed by atoms with Crippen molar-refractivity contribution in [3.63, 3.8) is 0 Å². The average Bonchev–Trinajstić information content (AvgIpc) is 2.62. The SMILES string of the molecule is CCNC(=NCC(C)(C)OC)N1CCC(CN(CC)C(=O)OC(C)(C)C)CC1.I. The van der Waals surface area contributed by atoms with Crippen LogP contribution in [0.25, 0.3) is 0 Å². The van der Waals surface area contributed by atoms with Crippen molar-refractivity contribution in [3.05, 3.63) is 0 Å². The van der Waals surface area contributed by atoms with Gasteiger partial charge in [-0.25, -0.2) is 4.79 Å². The number of halogens is 1. The van der Waals surface area contributed by atoms with Crippen LogP contribution in [0.3, 0.4) is 0 Å². The number of hydrogen-bond donors (Lipinski definition) is 1. The summed E-state index contributed by atoms with van der Waals surface area (Å²) in [5, 5.41) is 3.40. The van der Waals surface area contributed by atoms with Crippen molar-refractivity contribution in [2.45, 2.75) is 72.5 Å². The molecule has 172 valence electrons. The first-order chi connectivity index (χ1) is 13.0. The number of nitrogens with zero attached hydrogens (tertiary/aromatic N) is 3. The van der Waals surface area contributed by atoms with E-state index in [1.807, 2.05) is 46.4 Å². The minimum Gasteiger partial charge on any atom is -0.444 e. The molecular formula is C21H43IN4O3. The van der Waals surface area contributed by atoms with Gasteiger partial charge in [-0.15, -0.1) is 24.0 Å². The number of likely N-dealkylation sites (tertiary alicyclic amines) is 1. The number of carbonyl (C=O) groups is 1. The Balaban J connectivity index is 0.00000784. The molecule has 8 heteroatoms. The van der Waals surface area contributed by atoms with Crippen LogP contribution in [0.5, 0.6) is 0 Å². The fourth-order valence-corrected chi connectivity index (χ4v) is 3.05. The predicted octanol–water partition coefficient (Wildman–Crippen LogP) is 3.96. The Labute approximate surface area is 195 Å². The highest BCUT2D eigenvalue weighted by atomic mass is 127. The predicted molar refractivity (Wildman–Crippen MR) is 130 cm³/mol. The minimum absolute atomic E-state index is 0. The number of methoxy groups -OCH3 is 1. The number of hydrogen-bond acceptors (Lipinski definition) is 4. The van der Waals surface area contributed by atoms with Gasteiger partial charge in [0.05, 0.1) is 12.1 Å². The van der Waals surface area contributed by atoms with Crippen LogP contribution < -0.4 is 5.32 Å². The molecule has 0 aromatic carbocycles. The van der Waals surface area contributed by atoms with Gasteiger partial charge in [-0.1, -0.05) is 0 Å². The van der Waals surface area contributed by atoms with Crippen LogP contribution in [0.15, 0.2) is 4.99 Å². The Bertz CT molecular complexity index is 513. The quantitative estimate of drug-likeness (QED) is 0.309. The monoisotopic (exact) mass is 526 g/mol. The molecule has 0 saturated carbocycles. The van der Waals surface area contributed by atoms with E-state index in [4.69, 9.17) is 14.5 Å². The Hall–Kier alpha value is -0.770. The van der Waals surface area contributed by atoms with Crippen LogP contribution in [0.1, 0.15) is 61.3 Å². The first kappa shape index (κ1) is 28.2. The van der Waals surface area contributed by atoms with Crippen molar-refractivity contribution in [2.24, 2.45) is 10.9 Å². The normalized spacial score (nSPS) is 16.3. The summed E-state index contributed by atoms with van der Waals surface area (Å²) < 4.78 is 11.0. The Morgan fingerprint density at radius 2 is 1.76 bits per heavy atom. The Morgan fingerprint density at radius 3 is 2.21 bits per heavy atom. The molecule has 0 radical (unpaired) electrons. The molecule has 0 aliphatic carbocycles. The number of guanidine groups is 1. The molecule has 1 amide bonds. The highest BCUT2D eigenvalue weighted by molar-refractivity contribution is 14.0. The Kier molecular flexibility index (Phi) is 12.5. The summed E-state index contributed by atoms with van der Waals surface area (Å²) in [6, 6.07) is 0. The van der Waals surface area contributed by atoms with Crippen molar-refractivity contribution in [1.29, 1.82) is 0 Å². The maximum atomic E-state index is 12.4. The third-order valence-electron chi connectivity index (χ3n) is 4.92. The molecular weight excluding hydrogens is 483 g/mol. The van der Waals surface area contributed by atoms with Gasteiger partial charge >= 0.3 is 6.09 Å². The summed E-state index contributed by atoms with van der Waals surface area (Å²) >= 11 is 0. The highest BCUT2D eigenvalue weighted by Crippen LogP contribution is 2.20. The van der Waals surface area contributed by atoms with Crippen molar-refractivity contribution >= 4 is 36.0 Å². The van der Waals surface area contributed by atoms with Crippen LogP contribution in [0.2, 0.25) is 0 Å². The van der Waals surface area contributed by atoms with E-state index in [1.54, 1.807) is 7.11 Å². The molecule has 1 fully saturated rings. The number of carbonyl (C=O) groups excluding carboxylic acids is 1. The van der Waals surface area contributed by atoms with Gasteiger partial charge in [0.15, 0.2) is 5.96 Å². The van der Waals surface area contributed by atoms with Gasteiger partial charge in [0.25, 0.3) is 0 Å². The van der Waals surface area contributed by atoms with Crippen LogP contribution >= 0.6 is 24.0 Å². The zero-order chi connectivity index (χ0) is 21.4. The van der Waals surface area contributed by atoms with E-state index in [1.165, 1.54) is 0 Å². The van der Waals surface area contributed by atoms with Gasteiger partial charge in [-0.05, 0) is 67.2 Å². The molecule has 0 unspecified atom stereocenters. The smallest absolute Gasteiger partial charge is 0.410 e. The van der Waals surface area contributed by atoms with Crippen LogP contribution in [0.4, 0.5) is 4.79 Å². The maximum Gasteiger partial charge on any atom is 0.410 e. The molecule has 0 atom stereocenters. The average molecular weight is 527 g/mol. The van der Waals surface area contributed by atoms with Crippen molar-refractivity contribution < 1.29 is 14.3 Å². The third kappa shape index (κ3) is 10.7. The van der Waals surface area contributed by atoms with Gasteiger partial charge in [-0.3, -0.25) is 4.99 Å². The first-order valence-corrected chi connectivity index (χ1v) is 10.6. The van der Waals surface area contributed by atoms with E-state index < -0.39 is 5.60 Å². The molecule has 0 aromatic rings. The summed E-state index contributed by atoms with van der Waals surface area (Å²) in [4.78, 5) is 21.3. The second-order valence-electron chi connectivity index (χ2n) is 9.08. The lowest BCUT2D eigenvalue weighted by Gasteiger charge is -2.37. The lowest BCUT2D eigenvalue weighted by Crippen LogP contribution is -2.48. The maximum absolute atomic E-state index is 12.4. The fraction of sp³-hybridized carbons (Fsp3) is 0.905. The largest absolute Gasteiger partial charge is 0.444 e. The van der Waals surface area contributed by atoms with E-state index in [9.17, 15) is 4.79 Å². The van der Waals surface area contributed by atoms with Crippen molar-refractivity contribution in [3.8, 4) is 0 Å². The number of nitrogens with one attached hydrogen (secondary N) is 1. The highest BCUT2D eigenvalue weighted by Gasteiger charge is 2.27. The van der Waals surface area contributed by atoms with E-state index >= 15 is 0 Å². The number of rotatable bonds is 7. The van der Waals surface area contributed by atoms with Gasteiger partial charge < -0.3 is 24.6 Å². The van der Waals surface area contributed by atoms with Crippen molar-refractivity contribution in [2.75, 3.05) is 46.4 Å². The number of amides is 1. The molecule has 0 spiro atoms. The minimum atomic E-state index is -0.457. The molecule has 0 bridgehead atoms. The first-order valence-electron chi connectivity index (χ1n) is 10.6. The van der Waals surface area contributed by atoms with Crippen LogP contribution in [-0.4, -0.2) is 79.4 Å². The van der Waals surface area contributed by atoms with E-state index in [2.05, 4.69) is 17.1 Å². The number of ether oxygens (including phenoxy) is 2. The third-order valence-corrected chi connectivity index (χ3v) is 4.92. The van der Waals surface area contributed by atoms with E-state index in [0.29, 0.717) is 19.0 Å². The topological polar surface area (TPSA) is 66.4 Å². The lowest BCUT2D eigenvalue weighted by molar-refractivity contribution is 0.0214. The molecule has 29 heavy (non-hydrogen) atoms. The molecule has 1 aliphatic heterocycles. The summed E-state index contributed by atoms with van der Waals surface area (Å²) in [5.41, 5.74) is -0.727. The molecule has 1 rings (SSSR count). The fourth-order valence-electron chi connectivity index (χ4n) is 3.05. The molecule has 1 heterocycles. The standard InChI is InChI=1S/C21H42N4O3.HI/c1-9-22-18(23-16-21(6,7)27-8)25-13-11-17(12-14-25)15-24(10-2)19(26)28-20(3,4)5;/h17H,9-16H2,1-8H3,(H,22,23);1H.